The molecule has 6 atom stereocenters. The van der Waals surface area contributed by atoms with Crippen LogP contribution < -0.4 is 4.72 Å². The quantitative estimate of drug-likeness (QED) is 0.633. The van der Waals surface area contributed by atoms with Crippen LogP contribution in [0.3, 0.4) is 0 Å². The number of carbonyl (C=O) groups excluding carboxylic acids is 1. The fraction of sp³-hybridized carbons (Fsp3) is 0.773. The summed E-state index contributed by atoms with van der Waals surface area (Å²) in [6, 6.07) is -1.07. The smallest absolute Gasteiger partial charge is 0.410 e. The molecule has 0 bridgehead atoms. The molecule has 0 aromatic carbocycles. The molecule has 0 unspecified atom stereocenters. The molecule has 1 aliphatic heterocycles. The number of rotatable bonds is 7. The predicted octanol–water partition coefficient (Wildman–Crippen LogP) is 2.37. The molecule has 3 fully saturated rings. The highest BCUT2D eigenvalue weighted by Crippen LogP contribution is 2.61. The van der Waals surface area contributed by atoms with E-state index in [0.717, 1.165) is 31.9 Å². The summed E-state index contributed by atoms with van der Waals surface area (Å²) in [6.07, 6.45) is 6.79. The predicted molar refractivity (Wildman–Crippen MR) is 118 cm³/mol. The summed E-state index contributed by atoms with van der Waals surface area (Å²) in [7, 11) is -3.45. The number of nitrogens with zero attached hydrogens (tertiary/aromatic N) is 3. The maximum atomic E-state index is 13.2. The molecular formula is C22H33FN4O5S. The van der Waals surface area contributed by atoms with Crippen LogP contribution in [0.4, 0.5) is 9.18 Å². The summed E-state index contributed by atoms with van der Waals surface area (Å²) in [5.41, 5.74) is -0.0804. The number of nitrogens with one attached hydrogen (secondary N) is 1. The maximum Gasteiger partial charge on any atom is 0.410 e. The number of fused-ring (bicyclic) bond motifs is 1. The van der Waals surface area contributed by atoms with Crippen LogP contribution in [0.2, 0.25) is 0 Å². The first-order valence-corrected chi connectivity index (χ1v) is 13.4. The lowest BCUT2D eigenvalue weighted by Crippen LogP contribution is -2.50. The van der Waals surface area contributed by atoms with E-state index in [4.69, 9.17) is 9.47 Å². The number of aromatic nitrogens is 2. The van der Waals surface area contributed by atoms with Crippen molar-refractivity contribution in [1.29, 1.82) is 0 Å². The van der Waals surface area contributed by atoms with Gasteiger partial charge in [-0.1, -0.05) is 0 Å². The second kappa shape index (κ2) is 9.07. The molecule has 1 amide bonds. The van der Waals surface area contributed by atoms with Crippen molar-refractivity contribution >= 4 is 16.1 Å². The third kappa shape index (κ3) is 5.30. The van der Waals surface area contributed by atoms with Gasteiger partial charge in [0, 0.05) is 17.5 Å². The number of ether oxygens (including phenoxy) is 2. The average molecular weight is 485 g/mol. The monoisotopic (exact) mass is 484 g/mol. The van der Waals surface area contributed by atoms with E-state index in [9.17, 15) is 17.6 Å². The molecule has 11 heteroatoms. The zero-order valence-corrected chi connectivity index (χ0v) is 20.3. The molecule has 4 rings (SSSR count). The lowest BCUT2D eigenvalue weighted by molar-refractivity contribution is -0.0147. The van der Waals surface area contributed by atoms with E-state index < -0.39 is 34.0 Å². The first-order valence-electron chi connectivity index (χ1n) is 11.5. The van der Waals surface area contributed by atoms with Crippen molar-refractivity contribution in [2.45, 2.75) is 88.6 Å². The minimum absolute atomic E-state index is 0.00355. The zero-order chi connectivity index (χ0) is 24.0. The van der Waals surface area contributed by atoms with Crippen LogP contribution in [0.25, 0.3) is 0 Å². The van der Waals surface area contributed by atoms with Gasteiger partial charge in [-0.2, -0.15) is 0 Å². The van der Waals surface area contributed by atoms with Gasteiger partial charge in [0.05, 0.1) is 43.5 Å². The van der Waals surface area contributed by atoms with E-state index in [1.54, 1.807) is 18.7 Å². The molecule has 2 saturated carbocycles. The van der Waals surface area contributed by atoms with Gasteiger partial charge in [-0.3, -0.25) is 4.90 Å². The summed E-state index contributed by atoms with van der Waals surface area (Å²) < 4.78 is 51.4. The van der Waals surface area contributed by atoms with Crippen molar-refractivity contribution in [3.05, 3.63) is 24.0 Å². The minimum Gasteiger partial charge on any atom is -0.447 e. The molecule has 9 nitrogen and oxygen atoms in total. The Morgan fingerprint density at radius 1 is 1.33 bits per heavy atom. The van der Waals surface area contributed by atoms with E-state index in [1.807, 2.05) is 6.92 Å². The first kappa shape index (κ1) is 24.3. The Kier molecular flexibility index (Phi) is 6.67. The summed E-state index contributed by atoms with van der Waals surface area (Å²) in [6.45, 7) is 5.68. The fourth-order valence-corrected chi connectivity index (χ4v) is 6.33. The highest BCUT2D eigenvalue weighted by atomic mass is 32.2. The van der Waals surface area contributed by atoms with Crippen molar-refractivity contribution in [3.63, 3.8) is 0 Å². The molecular weight excluding hydrogens is 451 g/mol. The van der Waals surface area contributed by atoms with Crippen molar-refractivity contribution in [3.8, 4) is 0 Å². The second-order valence-electron chi connectivity index (χ2n) is 10.0. The topological polar surface area (TPSA) is 111 Å². The Morgan fingerprint density at radius 3 is 2.64 bits per heavy atom. The number of carbonyl (C=O) groups is 1. The van der Waals surface area contributed by atoms with Crippen LogP contribution in [0, 0.1) is 11.7 Å². The van der Waals surface area contributed by atoms with Gasteiger partial charge in [0.25, 0.3) is 0 Å². The Bertz CT molecular complexity index is 976. The van der Waals surface area contributed by atoms with Gasteiger partial charge in [0.15, 0.2) is 5.82 Å². The number of hydrogen-bond acceptors (Lipinski definition) is 7. The standard InChI is InChI=1S/C22H33FN4O5S/c1-13(2)32-21(28)27-14(3)7-18(26-33(4,29)30)19(27)12-31-17-5-6-22(9-15(22)8-17)20-24-10-16(23)11-25-20/h10-11,13-15,17-19,26H,5-9,12H2,1-4H3/t14-,15+,17-,18+,19+,22+/m1/s1. The molecule has 184 valence electrons. The van der Waals surface area contributed by atoms with Crippen LogP contribution in [-0.4, -0.2) is 72.6 Å². The SMILES string of the molecule is CC(C)OC(=O)N1[C@H](C)C[C@H](NS(C)(=O)=O)[C@@H]1CO[C@@H]1CC[C@]2(c3ncc(F)cn3)C[C@@H]2C1. The molecule has 1 aromatic rings. The Morgan fingerprint density at radius 2 is 2.03 bits per heavy atom. The molecule has 2 aliphatic carbocycles. The first-order chi connectivity index (χ1) is 15.5. The second-order valence-corrected chi connectivity index (χ2v) is 11.8. The number of halogens is 1. The van der Waals surface area contributed by atoms with Crippen molar-refractivity contribution < 1.29 is 27.1 Å². The third-order valence-electron chi connectivity index (χ3n) is 7.06. The third-order valence-corrected chi connectivity index (χ3v) is 7.80. The molecule has 2 heterocycles. The van der Waals surface area contributed by atoms with Gasteiger partial charge in [0.2, 0.25) is 10.0 Å². The highest BCUT2D eigenvalue weighted by Gasteiger charge is 2.60. The summed E-state index contributed by atoms with van der Waals surface area (Å²) in [5.74, 6) is 0.654. The van der Waals surface area contributed by atoms with Crippen LogP contribution in [0.1, 0.15) is 58.7 Å². The molecule has 1 N–H and O–H groups in total. The largest absolute Gasteiger partial charge is 0.447 e. The van der Waals surface area contributed by atoms with Gasteiger partial charge in [0.1, 0.15) is 5.82 Å². The van der Waals surface area contributed by atoms with Gasteiger partial charge >= 0.3 is 6.09 Å². The van der Waals surface area contributed by atoms with Crippen LogP contribution in [0.15, 0.2) is 12.4 Å². The maximum absolute atomic E-state index is 13.2. The van der Waals surface area contributed by atoms with E-state index in [2.05, 4.69) is 14.7 Å². The highest BCUT2D eigenvalue weighted by molar-refractivity contribution is 7.88. The zero-order valence-electron chi connectivity index (χ0n) is 19.5. The molecule has 0 radical (unpaired) electrons. The average Bonchev–Trinajstić information content (AvgIpc) is 3.36. The molecule has 1 aromatic heterocycles. The van der Waals surface area contributed by atoms with E-state index in [1.165, 1.54) is 12.4 Å². The lowest BCUT2D eigenvalue weighted by atomic mass is 9.86. The Labute approximate surface area is 194 Å². The number of sulfonamides is 1. The normalized spacial score (nSPS) is 33.8. The molecule has 1 saturated heterocycles. The van der Waals surface area contributed by atoms with Gasteiger partial charge in [-0.05, 0) is 58.8 Å². The fourth-order valence-electron chi connectivity index (χ4n) is 5.53. The molecule has 33 heavy (non-hydrogen) atoms. The summed E-state index contributed by atoms with van der Waals surface area (Å²) in [4.78, 5) is 22.8. The van der Waals surface area contributed by atoms with Crippen LogP contribution in [0.5, 0.6) is 0 Å². The minimum atomic E-state index is -3.45. The van der Waals surface area contributed by atoms with Gasteiger partial charge in [-0.15, -0.1) is 0 Å². The number of likely N-dealkylation sites (tertiary alicyclic amines) is 1. The Hall–Kier alpha value is -1.85. The van der Waals surface area contributed by atoms with Gasteiger partial charge in [-0.25, -0.2) is 32.3 Å². The van der Waals surface area contributed by atoms with Crippen LogP contribution >= 0.6 is 0 Å². The summed E-state index contributed by atoms with van der Waals surface area (Å²) >= 11 is 0. The van der Waals surface area contributed by atoms with Crippen molar-refractivity contribution in [2.24, 2.45) is 5.92 Å². The van der Waals surface area contributed by atoms with Crippen molar-refractivity contribution in [1.82, 2.24) is 19.6 Å². The van der Waals surface area contributed by atoms with E-state index in [-0.39, 0.29) is 30.3 Å². The van der Waals surface area contributed by atoms with Gasteiger partial charge < -0.3 is 9.47 Å². The number of hydrogen-bond donors (Lipinski definition) is 1. The van der Waals surface area contributed by atoms with E-state index in [0.29, 0.717) is 18.2 Å². The molecule has 0 spiro atoms. The van der Waals surface area contributed by atoms with Crippen molar-refractivity contribution in [2.75, 3.05) is 12.9 Å². The molecule has 3 aliphatic rings. The van der Waals surface area contributed by atoms with E-state index >= 15 is 0 Å². The lowest BCUT2D eigenvalue weighted by Gasteiger charge is -2.33. The van der Waals surface area contributed by atoms with Crippen LogP contribution in [-0.2, 0) is 24.9 Å². The Balaban J connectivity index is 1.40. The summed E-state index contributed by atoms with van der Waals surface area (Å²) in [5, 5.41) is 0. The number of amides is 1.